The summed E-state index contributed by atoms with van der Waals surface area (Å²) in [6.45, 7) is 5.78. The van der Waals surface area contributed by atoms with Gasteiger partial charge in [-0.1, -0.05) is 13.8 Å². The van der Waals surface area contributed by atoms with E-state index in [0.717, 1.165) is 5.69 Å². The molecular formula is C14H23NO2S. The van der Waals surface area contributed by atoms with Crippen molar-refractivity contribution in [3.05, 3.63) is 24.3 Å². The lowest BCUT2D eigenvalue weighted by atomic mass is 10.2. The minimum atomic E-state index is -0.469. The van der Waals surface area contributed by atoms with E-state index in [1.807, 2.05) is 12.1 Å². The van der Waals surface area contributed by atoms with Gasteiger partial charge in [0.05, 0.1) is 12.7 Å². The van der Waals surface area contributed by atoms with E-state index in [4.69, 9.17) is 4.74 Å². The number of nitrogens with one attached hydrogen (secondary N) is 1. The maximum absolute atomic E-state index is 9.73. The summed E-state index contributed by atoms with van der Waals surface area (Å²) >= 11 is 1.72. The van der Waals surface area contributed by atoms with E-state index in [9.17, 15) is 5.11 Å². The zero-order chi connectivity index (χ0) is 13.4. The Labute approximate surface area is 114 Å². The lowest BCUT2D eigenvalue weighted by Crippen LogP contribution is -2.25. The fraction of sp³-hybridized carbons (Fsp3) is 0.571. The number of aliphatic hydroxyl groups is 1. The number of rotatable bonds is 8. The molecule has 0 spiro atoms. The monoisotopic (exact) mass is 269 g/mol. The Morgan fingerprint density at radius 2 is 1.89 bits per heavy atom. The van der Waals surface area contributed by atoms with Crippen molar-refractivity contribution in [1.29, 1.82) is 0 Å². The molecule has 2 N–H and O–H groups in total. The number of hydrogen-bond donors (Lipinski definition) is 2. The number of thioether (sulfide) groups is 1. The van der Waals surface area contributed by atoms with Crippen LogP contribution in [0, 0.1) is 5.92 Å². The van der Waals surface area contributed by atoms with Crippen LogP contribution in [-0.2, 0) is 4.74 Å². The van der Waals surface area contributed by atoms with Crippen LogP contribution >= 0.6 is 11.8 Å². The molecule has 0 aliphatic carbocycles. The van der Waals surface area contributed by atoms with E-state index in [1.54, 1.807) is 11.8 Å². The summed E-state index contributed by atoms with van der Waals surface area (Å²) in [4.78, 5) is 1.24. The highest BCUT2D eigenvalue weighted by molar-refractivity contribution is 7.98. The van der Waals surface area contributed by atoms with Gasteiger partial charge in [-0.15, -0.1) is 11.8 Å². The zero-order valence-corrected chi connectivity index (χ0v) is 12.2. The standard InChI is InChI=1S/C14H23NO2S/c1-11(2)9-17-10-13(16)8-15-12-4-6-14(18-3)7-5-12/h4-7,11,13,15-16H,8-10H2,1-3H3. The van der Waals surface area contributed by atoms with E-state index in [1.165, 1.54) is 4.90 Å². The van der Waals surface area contributed by atoms with Crippen LogP contribution in [0.25, 0.3) is 0 Å². The predicted molar refractivity (Wildman–Crippen MR) is 78.4 cm³/mol. The third-order valence-corrected chi connectivity index (χ3v) is 3.14. The van der Waals surface area contributed by atoms with E-state index in [0.29, 0.717) is 25.7 Å². The highest BCUT2D eigenvalue weighted by Gasteiger charge is 2.04. The molecule has 18 heavy (non-hydrogen) atoms. The second-order valence-electron chi connectivity index (χ2n) is 4.69. The summed E-state index contributed by atoms with van der Waals surface area (Å²) in [5.41, 5.74) is 1.02. The van der Waals surface area contributed by atoms with Gasteiger partial charge >= 0.3 is 0 Å². The van der Waals surface area contributed by atoms with Gasteiger partial charge in [-0.05, 0) is 36.4 Å². The van der Waals surface area contributed by atoms with Gasteiger partial charge in [0.2, 0.25) is 0 Å². The molecular weight excluding hydrogens is 246 g/mol. The molecule has 0 saturated carbocycles. The molecule has 102 valence electrons. The van der Waals surface area contributed by atoms with Crippen LogP contribution in [0.2, 0.25) is 0 Å². The number of benzene rings is 1. The summed E-state index contributed by atoms with van der Waals surface area (Å²) in [7, 11) is 0. The molecule has 3 nitrogen and oxygen atoms in total. The molecule has 1 unspecified atom stereocenters. The molecule has 0 aromatic heterocycles. The van der Waals surface area contributed by atoms with Gasteiger partial charge in [0.25, 0.3) is 0 Å². The van der Waals surface area contributed by atoms with Gasteiger partial charge < -0.3 is 15.2 Å². The van der Waals surface area contributed by atoms with Crippen molar-refractivity contribution in [2.24, 2.45) is 5.92 Å². The first kappa shape index (κ1) is 15.3. The normalized spacial score (nSPS) is 12.7. The van der Waals surface area contributed by atoms with Crippen LogP contribution < -0.4 is 5.32 Å². The fourth-order valence-electron chi connectivity index (χ4n) is 1.44. The van der Waals surface area contributed by atoms with Crippen LogP contribution in [0.1, 0.15) is 13.8 Å². The predicted octanol–water partition coefficient (Wildman–Crippen LogP) is 2.85. The molecule has 0 aliphatic rings. The second kappa shape index (κ2) is 8.40. The molecule has 0 bridgehead atoms. The van der Waals surface area contributed by atoms with Crippen molar-refractivity contribution in [1.82, 2.24) is 0 Å². The Hall–Kier alpha value is -0.710. The molecule has 0 saturated heterocycles. The Bertz CT molecular complexity index is 327. The first-order valence-corrected chi connectivity index (χ1v) is 7.48. The molecule has 4 heteroatoms. The van der Waals surface area contributed by atoms with Crippen LogP contribution in [0.4, 0.5) is 5.69 Å². The largest absolute Gasteiger partial charge is 0.389 e. The summed E-state index contributed by atoms with van der Waals surface area (Å²) in [5, 5.41) is 12.9. The number of ether oxygens (including phenoxy) is 1. The summed E-state index contributed by atoms with van der Waals surface area (Å²) < 4.78 is 5.39. The van der Waals surface area contributed by atoms with Crippen LogP contribution in [0.5, 0.6) is 0 Å². The Morgan fingerprint density at radius 1 is 1.22 bits per heavy atom. The Morgan fingerprint density at radius 3 is 2.44 bits per heavy atom. The first-order valence-electron chi connectivity index (χ1n) is 6.25. The average molecular weight is 269 g/mol. The van der Waals surface area contributed by atoms with Crippen LogP contribution in [-0.4, -0.2) is 37.2 Å². The Kier molecular flexibility index (Phi) is 7.16. The van der Waals surface area contributed by atoms with Crippen molar-refractivity contribution in [3.8, 4) is 0 Å². The van der Waals surface area contributed by atoms with Crippen molar-refractivity contribution < 1.29 is 9.84 Å². The van der Waals surface area contributed by atoms with Gasteiger partial charge in [0.1, 0.15) is 0 Å². The maximum atomic E-state index is 9.73. The molecule has 0 aliphatic heterocycles. The Balaban J connectivity index is 2.22. The number of hydrogen-bond acceptors (Lipinski definition) is 4. The fourth-order valence-corrected chi connectivity index (χ4v) is 1.85. The quantitative estimate of drug-likeness (QED) is 0.712. The smallest absolute Gasteiger partial charge is 0.0945 e. The van der Waals surface area contributed by atoms with Gasteiger partial charge in [0.15, 0.2) is 0 Å². The highest BCUT2D eigenvalue weighted by atomic mass is 32.2. The second-order valence-corrected chi connectivity index (χ2v) is 5.57. The van der Waals surface area contributed by atoms with Crippen molar-refractivity contribution in [3.63, 3.8) is 0 Å². The molecule has 1 aromatic rings. The lowest BCUT2D eigenvalue weighted by Gasteiger charge is -2.14. The third-order valence-electron chi connectivity index (χ3n) is 2.39. The summed E-state index contributed by atoms with van der Waals surface area (Å²) in [6, 6.07) is 8.17. The SMILES string of the molecule is CSc1ccc(NCC(O)COCC(C)C)cc1. The number of aliphatic hydroxyl groups excluding tert-OH is 1. The topological polar surface area (TPSA) is 41.5 Å². The van der Waals surface area contributed by atoms with Crippen LogP contribution in [0.3, 0.4) is 0 Å². The molecule has 0 heterocycles. The van der Waals surface area contributed by atoms with Crippen molar-refractivity contribution >= 4 is 17.4 Å². The van der Waals surface area contributed by atoms with E-state index >= 15 is 0 Å². The average Bonchev–Trinajstić information content (AvgIpc) is 2.36. The van der Waals surface area contributed by atoms with Gasteiger partial charge in [-0.3, -0.25) is 0 Å². The zero-order valence-electron chi connectivity index (χ0n) is 11.3. The third kappa shape index (κ3) is 6.28. The first-order chi connectivity index (χ1) is 8.61. The summed E-state index contributed by atoms with van der Waals surface area (Å²) in [5.74, 6) is 0.504. The van der Waals surface area contributed by atoms with Crippen molar-refractivity contribution in [2.45, 2.75) is 24.8 Å². The molecule has 0 amide bonds. The van der Waals surface area contributed by atoms with Gasteiger partial charge in [0, 0.05) is 23.7 Å². The van der Waals surface area contributed by atoms with E-state index in [2.05, 4.69) is 37.6 Å². The maximum Gasteiger partial charge on any atom is 0.0945 e. The minimum absolute atomic E-state index is 0.383. The lowest BCUT2D eigenvalue weighted by molar-refractivity contribution is 0.0318. The molecule has 1 aromatic carbocycles. The molecule has 0 radical (unpaired) electrons. The van der Waals surface area contributed by atoms with Gasteiger partial charge in [-0.25, -0.2) is 0 Å². The summed E-state index contributed by atoms with van der Waals surface area (Å²) in [6.07, 6.45) is 1.59. The number of anilines is 1. The molecule has 0 fully saturated rings. The molecule has 1 atom stereocenters. The van der Waals surface area contributed by atoms with Crippen molar-refractivity contribution in [2.75, 3.05) is 31.3 Å². The highest BCUT2D eigenvalue weighted by Crippen LogP contribution is 2.17. The van der Waals surface area contributed by atoms with E-state index in [-0.39, 0.29) is 0 Å². The molecule has 1 rings (SSSR count). The minimum Gasteiger partial charge on any atom is -0.389 e. The van der Waals surface area contributed by atoms with E-state index < -0.39 is 6.10 Å². The van der Waals surface area contributed by atoms with Crippen LogP contribution in [0.15, 0.2) is 29.2 Å². The van der Waals surface area contributed by atoms with Gasteiger partial charge in [-0.2, -0.15) is 0 Å².